The summed E-state index contributed by atoms with van der Waals surface area (Å²) in [5.41, 5.74) is -1.39. The van der Waals surface area contributed by atoms with Crippen molar-refractivity contribution in [1.82, 2.24) is 4.98 Å². The number of nitrogens with one attached hydrogen (secondary N) is 1. The maximum Gasteiger partial charge on any atom is 0.323 e. The van der Waals surface area contributed by atoms with Crippen molar-refractivity contribution in [2.24, 2.45) is 5.41 Å². The van der Waals surface area contributed by atoms with Crippen molar-refractivity contribution in [3.8, 4) is 23.4 Å². The Morgan fingerprint density at radius 2 is 1.63 bits per heavy atom. The van der Waals surface area contributed by atoms with Crippen molar-refractivity contribution in [2.75, 3.05) is 18.5 Å². The van der Waals surface area contributed by atoms with E-state index < -0.39 is 52.5 Å². The average molecular weight is 598 g/mol. The molecule has 0 amide bonds. The van der Waals surface area contributed by atoms with Gasteiger partial charge in [-0.3, -0.25) is 9.59 Å². The van der Waals surface area contributed by atoms with E-state index in [9.17, 15) is 23.6 Å². The smallest absolute Gasteiger partial charge is 0.323 e. The van der Waals surface area contributed by atoms with Crippen LogP contribution in [0.5, 0.6) is 17.4 Å². The second kappa shape index (κ2) is 13.9. The van der Waals surface area contributed by atoms with Crippen molar-refractivity contribution < 1.29 is 41.7 Å². The Bertz CT molecular complexity index is 1480. The van der Waals surface area contributed by atoms with E-state index in [0.29, 0.717) is 0 Å². The molecular formula is C31H30F3N3O6. The van der Waals surface area contributed by atoms with Gasteiger partial charge in [-0.1, -0.05) is 30.3 Å². The zero-order valence-electron chi connectivity index (χ0n) is 23.6. The van der Waals surface area contributed by atoms with Gasteiger partial charge in [-0.05, 0) is 57.2 Å². The van der Waals surface area contributed by atoms with Gasteiger partial charge in [-0.25, -0.2) is 0 Å². The highest BCUT2D eigenvalue weighted by Gasteiger charge is 2.51. The summed E-state index contributed by atoms with van der Waals surface area (Å²) < 4.78 is 66.7. The lowest BCUT2D eigenvalue weighted by Gasteiger charge is -2.36. The van der Waals surface area contributed by atoms with Gasteiger partial charge in [0.25, 0.3) is 11.8 Å². The van der Waals surface area contributed by atoms with Crippen LogP contribution in [0.25, 0.3) is 0 Å². The molecule has 1 aliphatic carbocycles. The van der Waals surface area contributed by atoms with Crippen LogP contribution >= 0.6 is 0 Å². The molecule has 3 aromatic rings. The van der Waals surface area contributed by atoms with Gasteiger partial charge in [-0.2, -0.15) is 23.4 Å². The van der Waals surface area contributed by atoms with Crippen molar-refractivity contribution >= 4 is 17.6 Å². The molecule has 43 heavy (non-hydrogen) atoms. The van der Waals surface area contributed by atoms with E-state index in [-0.39, 0.29) is 62.6 Å². The Morgan fingerprint density at radius 3 is 2.23 bits per heavy atom. The summed E-state index contributed by atoms with van der Waals surface area (Å²) in [5, 5.41) is 12.0. The lowest BCUT2D eigenvalue weighted by atomic mass is 9.72. The number of ether oxygens (including phenoxy) is 4. The molecule has 1 aromatic heterocycles. The van der Waals surface area contributed by atoms with Gasteiger partial charge in [-0.15, -0.1) is 0 Å². The van der Waals surface area contributed by atoms with Crippen molar-refractivity contribution in [3.05, 3.63) is 77.2 Å². The molecule has 0 spiro atoms. The number of nitriles is 1. The Balaban J connectivity index is 1.56. The first-order valence-electron chi connectivity index (χ1n) is 13.8. The largest absolute Gasteiger partial charge is 0.485 e. The molecule has 1 fully saturated rings. The number of anilines is 1. The van der Waals surface area contributed by atoms with Gasteiger partial charge in [0.2, 0.25) is 11.6 Å². The molecule has 0 unspecified atom stereocenters. The van der Waals surface area contributed by atoms with Gasteiger partial charge in [0.05, 0.1) is 24.8 Å². The van der Waals surface area contributed by atoms with E-state index in [0.717, 1.165) is 5.56 Å². The number of pyridine rings is 1. The quantitative estimate of drug-likeness (QED) is 0.156. The van der Waals surface area contributed by atoms with Crippen LogP contribution in [0.2, 0.25) is 0 Å². The molecule has 12 heteroatoms. The molecule has 1 N–H and O–H groups in total. The van der Waals surface area contributed by atoms with Gasteiger partial charge in [0.15, 0.2) is 16.9 Å². The van der Waals surface area contributed by atoms with Crippen LogP contribution in [0.3, 0.4) is 0 Å². The van der Waals surface area contributed by atoms with Crippen LogP contribution in [0.1, 0.15) is 50.7 Å². The predicted octanol–water partition coefficient (Wildman–Crippen LogP) is 6.21. The highest BCUT2D eigenvalue weighted by atomic mass is 19.2. The average Bonchev–Trinajstić information content (AvgIpc) is 3.02. The van der Waals surface area contributed by atoms with Crippen LogP contribution in [0.4, 0.5) is 18.9 Å². The number of rotatable bonds is 11. The zero-order chi connectivity index (χ0) is 31.0. The molecule has 0 atom stereocenters. The molecular weight excluding hydrogens is 567 g/mol. The first kappa shape index (κ1) is 31.2. The van der Waals surface area contributed by atoms with Gasteiger partial charge in [0.1, 0.15) is 12.3 Å². The lowest BCUT2D eigenvalue weighted by Crippen LogP contribution is -2.46. The third-order valence-corrected chi connectivity index (χ3v) is 7.04. The van der Waals surface area contributed by atoms with Gasteiger partial charge < -0.3 is 24.3 Å². The molecule has 4 rings (SSSR count). The van der Waals surface area contributed by atoms with E-state index in [4.69, 9.17) is 18.9 Å². The molecule has 2 aromatic carbocycles. The minimum Gasteiger partial charge on any atom is -0.485 e. The Labute approximate surface area is 246 Å². The summed E-state index contributed by atoms with van der Waals surface area (Å²) in [6.07, 6.45) is 0.230. The molecule has 9 nitrogen and oxygen atoms in total. The summed E-state index contributed by atoms with van der Waals surface area (Å²) >= 11 is 0. The van der Waals surface area contributed by atoms with Crippen LogP contribution < -0.4 is 14.8 Å². The number of carbonyl (C=O) groups is 2. The minimum atomic E-state index is -1.62. The summed E-state index contributed by atoms with van der Waals surface area (Å²) in [4.78, 5) is 28.7. The molecule has 226 valence electrons. The fourth-order valence-corrected chi connectivity index (χ4v) is 4.79. The summed E-state index contributed by atoms with van der Waals surface area (Å²) in [5.74, 6) is -6.85. The molecule has 0 bridgehead atoms. The standard InChI is InChI=1S/C31H30F3N3O6/c1-3-40-29(38)31(30(39)41-4-2)14-12-21(13-15-31)36-26-24(32)27(34)37-28(25(26)33)43-23-16-20(17-35)10-11-22(23)42-18-19-8-6-5-7-9-19/h5-11,16,21H,3-4,12-15,18H2,1-2H3,(H,36,37). The Kier molecular flexibility index (Phi) is 10.1. The van der Waals surface area contributed by atoms with Crippen LogP contribution in [0.15, 0.2) is 48.5 Å². The maximum atomic E-state index is 15.6. The van der Waals surface area contributed by atoms with Crippen molar-refractivity contribution in [1.29, 1.82) is 5.26 Å². The number of hydrogen-bond acceptors (Lipinski definition) is 9. The van der Waals surface area contributed by atoms with Crippen LogP contribution in [0, 0.1) is 34.3 Å². The number of esters is 2. The minimum absolute atomic E-state index is 0.00837. The Hall–Kier alpha value is -4.79. The van der Waals surface area contributed by atoms with E-state index in [1.54, 1.807) is 13.8 Å². The first-order chi connectivity index (χ1) is 20.7. The van der Waals surface area contributed by atoms with E-state index >= 15 is 4.39 Å². The topological polar surface area (TPSA) is 120 Å². The Morgan fingerprint density at radius 1 is 0.977 bits per heavy atom. The fourth-order valence-electron chi connectivity index (χ4n) is 4.79. The lowest BCUT2D eigenvalue weighted by molar-refractivity contribution is -0.174. The van der Waals surface area contributed by atoms with E-state index in [1.807, 2.05) is 36.4 Å². The number of halogens is 3. The molecule has 1 heterocycles. The molecule has 1 saturated carbocycles. The van der Waals surface area contributed by atoms with Gasteiger partial charge >= 0.3 is 11.9 Å². The van der Waals surface area contributed by atoms with Crippen molar-refractivity contribution in [2.45, 2.75) is 52.2 Å². The van der Waals surface area contributed by atoms with Crippen LogP contribution in [-0.4, -0.2) is 36.2 Å². The summed E-state index contributed by atoms with van der Waals surface area (Å²) in [6, 6.07) is 14.6. The summed E-state index contributed by atoms with van der Waals surface area (Å²) in [6.45, 7) is 3.47. The summed E-state index contributed by atoms with van der Waals surface area (Å²) in [7, 11) is 0. The molecule has 0 saturated heterocycles. The monoisotopic (exact) mass is 597 g/mol. The third kappa shape index (κ3) is 6.99. The molecule has 1 aliphatic rings. The molecule has 0 radical (unpaired) electrons. The predicted molar refractivity (Wildman–Crippen MR) is 148 cm³/mol. The second-order valence-corrected chi connectivity index (χ2v) is 9.80. The van der Waals surface area contributed by atoms with Crippen molar-refractivity contribution in [3.63, 3.8) is 0 Å². The number of nitrogens with zero attached hydrogens (tertiary/aromatic N) is 2. The number of benzene rings is 2. The van der Waals surface area contributed by atoms with Gasteiger partial charge in [0, 0.05) is 12.1 Å². The third-order valence-electron chi connectivity index (χ3n) is 7.04. The zero-order valence-corrected chi connectivity index (χ0v) is 23.6. The number of aromatic nitrogens is 1. The SMILES string of the molecule is CCOC(=O)C1(C(=O)OCC)CCC(Nc2c(F)c(F)nc(Oc3cc(C#N)ccc3OCc3ccccc3)c2F)CC1. The van der Waals surface area contributed by atoms with E-state index in [2.05, 4.69) is 10.3 Å². The highest BCUT2D eigenvalue weighted by Crippen LogP contribution is 2.41. The van der Waals surface area contributed by atoms with Crippen LogP contribution in [-0.2, 0) is 25.7 Å². The first-order valence-corrected chi connectivity index (χ1v) is 13.8. The molecule has 0 aliphatic heterocycles. The highest BCUT2D eigenvalue weighted by molar-refractivity contribution is 6.00. The fraction of sp³-hybridized carbons (Fsp3) is 0.355. The van der Waals surface area contributed by atoms with E-state index in [1.165, 1.54) is 18.2 Å². The number of hydrogen-bond donors (Lipinski definition) is 1. The maximum absolute atomic E-state index is 15.6. The number of carbonyl (C=O) groups excluding carboxylic acids is 2. The second-order valence-electron chi connectivity index (χ2n) is 9.80. The normalized spacial score (nSPS) is 14.3.